The van der Waals surface area contributed by atoms with Crippen LogP contribution in [-0.2, 0) is 10.0 Å². The zero-order valence-electron chi connectivity index (χ0n) is 13.6. The summed E-state index contributed by atoms with van der Waals surface area (Å²) in [6.45, 7) is 3.65. The van der Waals surface area contributed by atoms with Crippen molar-refractivity contribution in [1.29, 1.82) is 0 Å². The Labute approximate surface area is 140 Å². The maximum absolute atomic E-state index is 11.7. The molecule has 0 aromatic heterocycles. The molecule has 0 spiro atoms. The number of sulfonamides is 1. The first kappa shape index (κ1) is 17.9. The van der Waals surface area contributed by atoms with Crippen LogP contribution >= 0.6 is 0 Å². The second-order valence-corrected chi connectivity index (χ2v) is 7.31. The van der Waals surface area contributed by atoms with Gasteiger partial charge in [0.2, 0.25) is 10.0 Å². The van der Waals surface area contributed by atoms with Gasteiger partial charge in [-0.15, -0.1) is 0 Å². The van der Waals surface area contributed by atoms with E-state index in [2.05, 4.69) is 10.0 Å². The zero-order chi connectivity index (χ0) is 17.9. The van der Waals surface area contributed by atoms with Crippen molar-refractivity contribution >= 4 is 21.4 Å². The van der Waals surface area contributed by atoms with Gasteiger partial charge in [0, 0.05) is 12.1 Å². The molecule has 24 heavy (non-hydrogen) atoms. The van der Waals surface area contributed by atoms with Crippen LogP contribution in [-0.4, -0.2) is 20.4 Å². The molecule has 128 valence electrons. The largest absolute Gasteiger partial charge is 0.373 e. The van der Waals surface area contributed by atoms with E-state index < -0.39 is 14.9 Å². The van der Waals surface area contributed by atoms with Gasteiger partial charge in [0.15, 0.2) is 0 Å². The molecule has 0 radical (unpaired) electrons. The highest BCUT2D eigenvalue weighted by molar-refractivity contribution is 7.89. The molecular formula is C16H19N3O4S. The summed E-state index contributed by atoms with van der Waals surface area (Å²) < 4.78 is 25.7. The lowest BCUT2D eigenvalue weighted by molar-refractivity contribution is -0.384. The number of nitro benzene ring substituents is 1. The molecule has 1 unspecified atom stereocenters. The predicted octanol–water partition coefficient (Wildman–Crippen LogP) is 2.98. The van der Waals surface area contributed by atoms with E-state index in [4.69, 9.17) is 0 Å². The normalized spacial score (nSPS) is 12.6. The third kappa shape index (κ3) is 3.90. The van der Waals surface area contributed by atoms with Crippen LogP contribution in [0.3, 0.4) is 0 Å². The number of nitro groups is 1. The zero-order valence-corrected chi connectivity index (χ0v) is 14.4. The number of hydrogen-bond donors (Lipinski definition) is 2. The molecule has 0 aliphatic rings. The lowest BCUT2D eigenvalue weighted by atomic mass is 10.1. The number of rotatable bonds is 6. The molecule has 0 fully saturated rings. The highest BCUT2D eigenvalue weighted by atomic mass is 32.2. The van der Waals surface area contributed by atoms with Crippen LogP contribution in [0.1, 0.15) is 24.1 Å². The van der Waals surface area contributed by atoms with Gasteiger partial charge in [-0.3, -0.25) is 10.1 Å². The minimum absolute atomic E-state index is 0.0104. The van der Waals surface area contributed by atoms with Crippen LogP contribution in [0.25, 0.3) is 0 Å². The summed E-state index contributed by atoms with van der Waals surface area (Å²) in [6, 6.07) is 11.1. The molecule has 8 heteroatoms. The highest BCUT2D eigenvalue weighted by Crippen LogP contribution is 2.29. The standard InChI is InChI=1S/C16H19N3O4S/c1-11-4-9-15(16(10-11)19(20)21)18-12(2)13-5-7-14(8-6-13)24(22,23)17-3/h4-10,12,17-18H,1-3H3. The highest BCUT2D eigenvalue weighted by Gasteiger charge is 2.17. The Kier molecular flexibility index (Phi) is 5.20. The minimum Gasteiger partial charge on any atom is -0.373 e. The molecular weight excluding hydrogens is 330 g/mol. The smallest absolute Gasteiger partial charge is 0.292 e. The topological polar surface area (TPSA) is 101 Å². The Bertz CT molecular complexity index is 848. The summed E-state index contributed by atoms with van der Waals surface area (Å²) in [6.07, 6.45) is 0. The average Bonchev–Trinajstić information content (AvgIpc) is 2.56. The summed E-state index contributed by atoms with van der Waals surface area (Å²) >= 11 is 0. The third-order valence-electron chi connectivity index (χ3n) is 3.68. The quantitative estimate of drug-likeness (QED) is 0.617. The molecule has 7 nitrogen and oxygen atoms in total. The van der Waals surface area contributed by atoms with Crippen molar-refractivity contribution in [2.24, 2.45) is 0 Å². The lowest BCUT2D eigenvalue weighted by Gasteiger charge is -2.16. The van der Waals surface area contributed by atoms with Crippen LogP contribution in [0.4, 0.5) is 11.4 Å². The Morgan fingerprint density at radius 1 is 1.12 bits per heavy atom. The van der Waals surface area contributed by atoms with Crippen molar-refractivity contribution in [2.45, 2.75) is 24.8 Å². The van der Waals surface area contributed by atoms with Crippen LogP contribution in [0.5, 0.6) is 0 Å². The fraction of sp³-hybridized carbons (Fsp3) is 0.250. The SMILES string of the molecule is CNS(=O)(=O)c1ccc(C(C)Nc2ccc(C)cc2[N+](=O)[O-])cc1. The van der Waals surface area contributed by atoms with E-state index in [9.17, 15) is 18.5 Å². The number of nitrogens with one attached hydrogen (secondary N) is 2. The first-order valence-corrected chi connectivity index (χ1v) is 8.78. The summed E-state index contributed by atoms with van der Waals surface area (Å²) in [5.41, 5.74) is 2.06. The van der Waals surface area contributed by atoms with E-state index in [1.165, 1.54) is 25.2 Å². The van der Waals surface area contributed by atoms with Gasteiger partial charge in [0.05, 0.1) is 9.82 Å². The first-order valence-electron chi connectivity index (χ1n) is 7.29. The first-order chi connectivity index (χ1) is 11.2. The number of benzene rings is 2. The fourth-order valence-corrected chi connectivity index (χ4v) is 3.01. The Morgan fingerprint density at radius 2 is 1.75 bits per heavy atom. The molecule has 2 rings (SSSR count). The van der Waals surface area contributed by atoms with E-state index in [-0.39, 0.29) is 16.6 Å². The van der Waals surface area contributed by atoms with Gasteiger partial charge < -0.3 is 5.32 Å². The molecule has 0 amide bonds. The second-order valence-electron chi connectivity index (χ2n) is 5.42. The maximum Gasteiger partial charge on any atom is 0.292 e. The molecule has 2 aromatic carbocycles. The number of anilines is 1. The molecule has 2 aromatic rings. The van der Waals surface area contributed by atoms with E-state index in [1.807, 2.05) is 6.92 Å². The van der Waals surface area contributed by atoms with Crippen molar-refractivity contribution in [3.05, 3.63) is 63.7 Å². The van der Waals surface area contributed by atoms with Crippen LogP contribution in [0, 0.1) is 17.0 Å². The van der Waals surface area contributed by atoms with Crippen LogP contribution < -0.4 is 10.0 Å². The van der Waals surface area contributed by atoms with Gasteiger partial charge in [-0.1, -0.05) is 18.2 Å². The van der Waals surface area contributed by atoms with Crippen LogP contribution in [0.2, 0.25) is 0 Å². The summed E-state index contributed by atoms with van der Waals surface area (Å²) in [5, 5.41) is 14.3. The fourth-order valence-electron chi connectivity index (χ4n) is 2.28. The third-order valence-corrected chi connectivity index (χ3v) is 5.11. The Hall–Kier alpha value is -2.45. The van der Waals surface area contributed by atoms with Crippen LogP contribution in [0.15, 0.2) is 47.4 Å². The summed E-state index contributed by atoms with van der Waals surface area (Å²) in [7, 11) is -2.13. The monoisotopic (exact) mass is 349 g/mol. The number of nitrogens with zero attached hydrogens (tertiary/aromatic N) is 1. The van der Waals surface area contributed by atoms with E-state index in [0.29, 0.717) is 5.69 Å². The molecule has 0 aliphatic heterocycles. The Morgan fingerprint density at radius 3 is 2.29 bits per heavy atom. The van der Waals surface area contributed by atoms with Crippen molar-refractivity contribution < 1.29 is 13.3 Å². The van der Waals surface area contributed by atoms with E-state index in [0.717, 1.165) is 11.1 Å². The molecule has 2 N–H and O–H groups in total. The predicted molar refractivity (Wildman–Crippen MR) is 92.6 cm³/mol. The van der Waals surface area contributed by atoms with Gasteiger partial charge in [0.1, 0.15) is 5.69 Å². The number of hydrogen-bond acceptors (Lipinski definition) is 5. The molecule has 0 saturated heterocycles. The van der Waals surface area contributed by atoms with Crippen molar-refractivity contribution in [2.75, 3.05) is 12.4 Å². The molecule has 1 atom stereocenters. The second kappa shape index (κ2) is 6.98. The molecule has 0 aliphatic carbocycles. The van der Waals surface area contributed by atoms with Crippen molar-refractivity contribution in [3.63, 3.8) is 0 Å². The number of aryl methyl sites for hydroxylation is 1. The van der Waals surface area contributed by atoms with Gasteiger partial charge in [-0.25, -0.2) is 13.1 Å². The van der Waals surface area contributed by atoms with Gasteiger partial charge in [-0.2, -0.15) is 0 Å². The molecule has 0 saturated carbocycles. The maximum atomic E-state index is 11.7. The summed E-state index contributed by atoms with van der Waals surface area (Å²) in [5.74, 6) is 0. The molecule has 0 heterocycles. The van der Waals surface area contributed by atoms with E-state index >= 15 is 0 Å². The molecule has 0 bridgehead atoms. The van der Waals surface area contributed by atoms with Gasteiger partial charge >= 0.3 is 0 Å². The van der Waals surface area contributed by atoms with E-state index in [1.54, 1.807) is 31.2 Å². The summed E-state index contributed by atoms with van der Waals surface area (Å²) in [4.78, 5) is 10.9. The average molecular weight is 349 g/mol. The minimum atomic E-state index is -3.48. The van der Waals surface area contributed by atoms with Crippen molar-refractivity contribution in [1.82, 2.24) is 4.72 Å². The Balaban J connectivity index is 2.25. The van der Waals surface area contributed by atoms with Gasteiger partial charge in [0.25, 0.3) is 5.69 Å². The lowest BCUT2D eigenvalue weighted by Crippen LogP contribution is -2.18. The van der Waals surface area contributed by atoms with Crippen molar-refractivity contribution in [3.8, 4) is 0 Å². The van der Waals surface area contributed by atoms with Gasteiger partial charge in [-0.05, 0) is 50.2 Å².